The number of aryl methyl sites for hydroxylation is 1. The smallest absolute Gasteiger partial charge is 0.251 e. The molecule has 0 saturated carbocycles. The molecular weight excluding hydrogens is 364 g/mol. The summed E-state index contributed by atoms with van der Waals surface area (Å²) in [5.74, 6) is 0.125. The van der Waals surface area contributed by atoms with Crippen LogP contribution in [0.15, 0.2) is 17.0 Å². The number of aliphatic hydroxyl groups is 1. The Morgan fingerprint density at radius 2 is 1.85 bits per heavy atom. The number of nitrogens with one attached hydrogen (secondary N) is 1. The molecule has 27 heavy (non-hydrogen) atoms. The van der Waals surface area contributed by atoms with Crippen LogP contribution in [0.4, 0.5) is 0 Å². The van der Waals surface area contributed by atoms with Crippen LogP contribution in [0.3, 0.4) is 0 Å². The summed E-state index contributed by atoms with van der Waals surface area (Å²) in [7, 11) is -3.63. The molecule has 0 aromatic heterocycles. The minimum atomic E-state index is -3.63. The summed E-state index contributed by atoms with van der Waals surface area (Å²) in [5, 5.41) is 12.1. The van der Waals surface area contributed by atoms with Crippen LogP contribution in [0.2, 0.25) is 0 Å². The van der Waals surface area contributed by atoms with E-state index < -0.39 is 10.0 Å². The Kier molecular flexibility index (Phi) is 7.05. The SMILES string of the molecule is Cc1cc(C(=O)N[C@@H](C)[C@@H](C)CO)cc(S(=O)(=O)N2CCC(C)CC2)c1C. The molecule has 1 saturated heterocycles. The minimum Gasteiger partial charge on any atom is -0.396 e. The first-order valence-electron chi connectivity index (χ1n) is 9.61. The Balaban J connectivity index is 2.34. The summed E-state index contributed by atoms with van der Waals surface area (Å²) in [4.78, 5) is 12.8. The molecule has 1 aromatic rings. The molecular formula is C20H32N2O4S. The first kappa shape index (κ1) is 21.9. The fraction of sp³-hybridized carbons (Fsp3) is 0.650. The molecule has 0 spiro atoms. The number of rotatable bonds is 6. The number of carbonyl (C=O) groups is 1. The topological polar surface area (TPSA) is 86.7 Å². The van der Waals surface area contributed by atoms with Crippen molar-refractivity contribution in [3.05, 3.63) is 28.8 Å². The summed E-state index contributed by atoms with van der Waals surface area (Å²) in [6.07, 6.45) is 1.71. The summed E-state index contributed by atoms with van der Waals surface area (Å²) in [5.41, 5.74) is 1.79. The summed E-state index contributed by atoms with van der Waals surface area (Å²) in [6, 6.07) is 2.99. The lowest BCUT2D eigenvalue weighted by Crippen LogP contribution is -2.39. The van der Waals surface area contributed by atoms with Crippen LogP contribution in [0.5, 0.6) is 0 Å². The van der Waals surface area contributed by atoms with Crippen molar-refractivity contribution in [2.24, 2.45) is 11.8 Å². The van der Waals surface area contributed by atoms with E-state index in [2.05, 4.69) is 12.2 Å². The fourth-order valence-corrected chi connectivity index (χ4v) is 4.97. The van der Waals surface area contributed by atoms with E-state index in [4.69, 9.17) is 0 Å². The molecule has 0 aliphatic carbocycles. The normalized spacial score (nSPS) is 18.9. The molecule has 0 unspecified atom stereocenters. The van der Waals surface area contributed by atoms with E-state index in [9.17, 15) is 18.3 Å². The van der Waals surface area contributed by atoms with Gasteiger partial charge in [0.25, 0.3) is 5.91 Å². The molecule has 7 heteroatoms. The van der Waals surface area contributed by atoms with Crippen LogP contribution in [-0.2, 0) is 10.0 Å². The number of amides is 1. The molecule has 1 aromatic carbocycles. The van der Waals surface area contributed by atoms with E-state index in [0.717, 1.165) is 18.4 Å². The van der Waals surface area contributed by atoms with Crippen LogP contribution in [-0.4, -0.2) is 49.5 Å². The Morgan fingerprint density at radius 3 is 2.41 bits per heavy atom. The van der Waals surface area contributed by atoms with Crippen molar-refractivity contribution < 1.29 is 18.3 Å². The van der Waals surface area contributed by atoms with Crippen LogP contribution in [0.1, 0.15) is 55.1 Å². The van der Waals surface area contributed by atoms with Gasteiger partial charge in [0, 0.05) is 31.3 Å². The van der Waals surface area contributed by atoms with Crippen molar-refractivity contribution in [3.8, 4) is 0 Å². The third kappa shape index (κ3) is 4.89. The third-order valence-electron chi connectivity index (χ3n) is 5.74. The number of aliphatic hydroxyl groups excluding tert-OH is 1. The highest BCUT2D eigenvalue weighted by Gasteiger charge is 2.30. The number of benzene rings is 1. The van der Waals surface area contributed by atoms with E-state index in [1.807, 2.05) is 20.8 Å². The molecule has 1 heterocycles. The Hall–Kier alpha value is -1.44. The van der Waals surface area contributed by atoms with Gasteiger partial charge in [0.1, 0.15) is 0 Å². The zero-order valence-corrected chi connectivity index (χ0v) is 17.8. The molecule has 0 bridgehead atoms. The van der Waals surface area contributed by atoms with Gasteiger partial charge >= 0.3 is 0 Å². The van der Waals surface area contributed by atoms with E-state index in [0.29, 0.717) is 30.1 Å². The van der Waals surface area contributed by atoms with Crippen molar-refractivity contribution in [2.75, 3.05) is 19.7 Å². The number of hydrogen-bond acceptors (Lipinski definition) is 4. The van der Waals surface area contributed by atoms with Crippen molar-refractivity contribution in [2.45, 2.75) is 58.4 Å². The fourth-order valence-electron chi connectivity index (χ4n) is 3.18. The summed E-state index contributed by atoms with van der Waals surface area (Å²) < 4.78 is 27.9. The molecule has 0 radical (unpaired) electrons. The second-order valence-electron chi connectivity index (χ2n) is 7.92. The molecule has 1 aliphatic heterocycles. The maximum Gasteiger partial charge on any atom is 0.251 e. The largest absolute Gasteiger partial charge is 0.396 e. The maximum absolute atomic E-state index is 13.2. The average Bonchev–Trinajstić information content (AvgIpc) is 2.63. The van der Waals surface area contributed by atoms with Gasteiger partial charge in [-0.3, -0.25) is 4.79 Å². The van der Waals surface area contributed by atoms with E-state index in [1.54, 1.807) is 13.0 Å². The third-order valence-corrected chi connectivity index (χ3v) is 7.77. The van der Waals surface area contributed by atoms with E-state index in [-0.39, 0.29) is 29.4 Å². The number of nitrogens with zero attached hydrogens (tertiary/aromatic N) is 1. The molecule has 1 amide bonds. The zero-order valence-electron chi connectivity index (χ0n) is 16.9. The Morgan fingerprint density at radius 1 is 1.26 bits per heavy atom. The Labute approximate surface area is 163 Å². The molecule has 2 rings (SSSR count). The van der Waals surface area contributed by atoms with Crippen LogP contribution in [0, 0.1) is 25.7 Å². The maximum atomic E-state index is 13.2. The Bertz CT molecular complexity index is 783. The van der Waals surface area contributed by atoms with Gasteiger partial charge in [-0.25, -0.2) is 8.42 Å². The van der Waals surface area contributed by atoms with Crippen molar-refractivity contribution >= 4 is 15.9 Å². The zero-order chi connectivity index (χ0) is 20.4. The van der Waals surface area contributed by atoms with Crippen molar-refractivity contribution in [1.29, 1.82) is 0 Å². The first-order valence-corrected chi connectivity index (χ1v) is 11.0. The van der Waals surface area contributed by atoms with E-state index >= 15 is 0 Å². The highest BCUT2D eigenvalue weighted by atomic mass is 32.2. The van der Waals surface area contributed by atoms with Crippen molar-refractivity contribution in [3.63, 3.8) is 0 Å². The molecule has 1 aliphatic rings. The lowest BCUT2D eigenvalue weighted by Gasteiger charge is -2.30. The number of hydrogen-bond donors (Lipinski definition) is 2. The predicted molar refractivity (Wildman–Crippen MR) is 106 cm³/mol. The number of carbonyl (C=O) groups excluding carboxylic acids is 1. The minimum absolute atomic E-state index is 0.0264. The second kappa shape index (κ2) is 8.71. The van der Waals surface area contributed by atoms with Gasteiger partial charge in [0.2, 0.25) is 10.0 Å². The van der Waals surface area contributed by atoms with Crippen LogP contribution < -0.4 is 5.32 Å². The predicted octanol–water partition coefficient (Wildman–Crippen LogP) is 2.47. The van der Waals surface area contributed by atoms with Crippen LogP contribution in [0.25, 0.3) is 0 Å². The van der Waals surface area contributed by atoms with Gasteiger partial charge in [0.15, 0.2) is 0 Å². The van der Waals surface area contributed by atoms with Gasteiger partial charge < -0.3 is 10.4 Å². The van der Waals surface area contributed by atoms with Gasteiger partial charge in [0.05, 0.1) is 4.90 Å². The average molecular weight is 397 g/mol. The first-order chi connectivity index (χ1) is 12.6. The number of sulfonamides is 1. The van der Waals surface area contributed by atoms with Gasteiger partial charge in [-0.15, -0.1) is 0 Å². The molecule has 1 fully saturated rings. The van der Waals surface area contributed by atoms with Gasteiger partial charge in [-0.05, 0) is 68.7 Å². The van der Waals surface area contributed by atoms with E-state index in [1.165, 1.54) is 10.4 Å². The summed E-state index contributed by atoms with van der Waals surface area (Å²) >= 11 is 0. The molecule has 2 atom stereocenters. The molecule has 6 nitrogen and oxygen atoms in total. The number of piperidine rings is 1. The lowest BCUT2D eigenvalue weighted by atomic mass is 10.0. The summed E-state index contributed by atoms with van der Waals surface area (Å²) in [6.45, 7) is 10.4. The monoisotopic (exact) mass is 396 g/mol. The van der Waals surface area contributed by atoms with Crippen molar-refractivity contribution in [1.82, 2.24) is 9.62 Å². The standard InChI is InChI=1S/C20H32N2O4S/c1-13-6-8-22(9-7-13)27(25,26)19-11-18(10-14(2)16(19)4)20(24)21-17(5)15(3)12-23/h10-11,13,15,17,23H,6-9,12H2,1-5H3,(H,21,24)/t15-,17-/m0/s1. The quantitative estimate of drug-likeness (QED) is 0.773. The highest BCUT2D eigenvalue weighted by Crippen LogP contribution is 2.28. The van der Waals surface area contributed by atoms with Crippen LogP contribution >= 0.6 is 0 Å². The van der Waals surface area contributed by atoms with Gasteiger partial charge in [-0.1, -0.05) is 13.8 Å². The molecule has 2 N–H and O–H groups in total. The van der Waals surface area contributed by atoms with Gasteiger partial charge in [-0.2, -0.15) is 4.31 Å². The lowest BCUT2D eigenvalue weighted by molar-refractivity contribution is 0.0916. The second-order valence-corrected chi connectivity index (χ2v) is 9.83. The highest BCUT2D eigenvalue weighted by molar-refractivity contribution is 7.89. The molecule has 152 valence electrons.